The molecule has 0 unspecified atom stereocenters. The predicted octanol–water partition coefficient (Wildman–Crippen LogP) is 3.06. The molecule has 0 saturated carbocycles. The smallest absolute Gasteiger partial charge is 0.191 e. The van der Waals surface area contributed by atoms with Crippen molar-refractivity contribution in [2.45, 2.75) is 19.6 Å². The standard InChI is InChI=1S/C19H26N4OS.HI/c1-20-19(22-14-18-6-3-11-25-18)21-13-16-4-2-5-17(12-16)15-23-7-9-24-10-8-23;/h2-6,11-12H,7-10,13-15H2,1H3,(H2,20,21,22);1H. The Morgan fingerprint density at radius 1 is 1.12 bits per heavy atom. The Labute approximate surface area is 176 Å². The summed E-state index contributed by atoms with van der Waals surface area (Å²) in [6.45, 7) is 6.27. The molecule has 1 fully saturated rings. The van der Waals surface area contributed by atoms with E-state index in [0.29, 0.717) is 0 Å². The van der Waals surface area contributed by atoms with Gasteiger partial charge in [0.2, 0.25) is 0 Å². The summed E-state index contributed by atoms with van der Waals surface area (Å²) in [6.07, 6.45) is 0. The molecule has 2 aromatic rings. The highest BCUT2D eigenvalue weighted by molar-refractivity contribution is 14.0. The van der Waals surface area contributed by atoms with Crippen LogP contribution in [0.4, 0.5) is 0 Å². The third kappa shape index (κ3) is 6.86. The van der Waals surface area contributed by atoms with E-state index in [1.54, 1.807) is 18.4 Å². The van der Waals surface area contributed by atoms with E-state index < -0.39 is 0 Å². The Balaban J connectivity index is 0.00000243. The van der Waals surface area contributed by atoms with Gasteiger partial charge < -0.3 is 15.4 Å². The highest BCUT2D eigenvalue weighted by Gasteiger charge is 2.10. The molecule has 26 heavy (non-hydrogen) atoms. The summed E-state index contributed by atoms with van der Waals surface area (Å²) in [5.41, 5.74) is 2.62. The molecule has 0 spiro atoms. The fourth-order valence-corrected chi connectivity index (χ4v) is 3.49. The minimum Gasteiger partial charge on any atom is -0.379 e. The maximum absolute atomic E-state index is 5.42. The van der Waals surface area contributed by atoms with E-state index in [0.717, 1.165) is 51.9 Å². The van der Waals surface area contributed by atoms with Gasteiger partial charge in [0.05, 0.1) is 19.8 Å². The summed E-state index contributed by atoms with van der Waals surface area (Å²) in [5.74, 6) is 0.826. The topological polar surface area (TPSA) is 48.9 Å². The van der Waals surface area contributed by atoms with Gasteiger partial charge in [-0.25, -0.2) is 0 Å². The molecule has 0 bridgehead atoms. The van der Waals surface area contributed by atoms with Gasteiger partial charge in [0, 0.05) is 38.1 Å². The monoisotopic (exact) mass is 486 g/mol. The molecular formula is C19H27IN4OS. The summed E-state index contributed by atoms with van der Waals surface area (Å²) in [5, 5.41) is 8.83. The van der Waals surface area contributed by atoms with Crippen molar-refractivity contribution < 1.29 is 4.74 Å². The second-order valence-corrected chi connectivity index (χ2v) is 7.10. The van der Waals surface area contributed by atoms with Crippen LogP contribution in [-0.2, 0) is 24.4 Å². The molecule has 142 valence electrons. The van der Waals surface area contributed by atoms with E-state index in [9.17, 15) is 0 Å². The number of halogens is 1. The van der Waals surface area contributed by atoms with Crippen LogP contribution in [0, 0.1) is 0 Å². The van der Waals surface area contributed by atoms with Gasteiger partial charge in [-0.1, -0.05) is 30.3 Å². The van der Waals surface area contributed by atoms with Gasteiger partial charge >= 0.3 is 0 Å². The number of aliphatic imine (C=N–C) groups is 1. The molecule has 2 N–H and O–H groups in total. The molecule has 0 aliphatic carbocycles. The zero-order valence-electron chi connectivity index (χ0n) is 15.1. The average Bonchev–Trinajstić information content (AvgIpc) is 3.17. The molecule has 0 atom stereocenters. The van der Waals surface area contributed by atoms with Gasteiger partial charge in [-0.3, -0.25) is 9.89 Å². The van der Waals surface area contributed by atoms with E-state index in [2.05, 4.69) is 62.3 Å². The van der Waals surface area contributed by atoms with E-state index >= 15 is 0 Å². The minimum absolute atomic E-state index is 0. The van der Waals surface area contributed by atoms with Gasteiger partial charge in [0.25, 0.3) is 0 Å². The van der Waals surface area contributed by atoms with Crippen molar-refractivity contribution in [1.29, 1.82) is 0 Å². The number of benzene rings is 1. The highest BCUT2D eigenvalue weighted by Crippen LogP contribution is 2.10. The number of thiophene rings is 1. The number of nitrogens with zero attached hydrogens (tertiary/aromatic N) is 2. The first-order chi connectivity index (χ1) is 12.3. The lowest BCUT2D eigenvalue weighted by Gasteiger charge is -2.26. The maximum Gasteiger partial charge on any atom is 0.191 e. The second kappa shape index (κ2) is 11.5. The van der Waals surface area contributed by atoms with Gasteiger partial charge in [-0.05, 0) is 22.6 Å². The van der Waals surface area contributed by atoms with Crippen LogP contribution in [0.5, 0.6) is 0 Å². The van der Waals surface area contributed by atoms with Crippen LogP contribution in [0.2, 0.25) is 0 Å². The van der Waals surface area contributed by atoms with Crippen molar-refractivity contribution in [3.05, 3.63) is 57.8 Å². The molecule has 1 saturated heterocycles. The van der Waals surface area contributed by atoms with Crippen LogP contribution >= 0.6 is 35.3 Å². The Morgan fingerprint density at radius 2 is 1.88 bits per heavy atom. The van der Waals surface area contributed by atoms with Crippen molar-refractivity contribution in [2.24, 2.45) is 4.99 Å². The Bertz CT molecular complexity index is 672. The van der Waals surface area contributed by atoms with E-state index in [-0.39, 0.29) is 24.0 Å². The molecule has 0 amide bonds. The van der Waals surface area contributed by atoms with Crippen LogP contribution in [0.1, 0.15) is 16.0 Å². The van der Waals surface area contributed by atoms with Gasteiger partial charge in [0.1, 0.15) is 0 Å². The number of hydrogen-bond donors (Lipinski definition) is 2. The molecule has 0 radical (unpaired) electrons. The lowest BCUT2D eigenvalue weighted by atomic mass is 10.1. The summed E-state index contributed by atoms with van der Waals surface area (Å²) in [7, 11) is 1.80. The molecule has 2 heterocycles. The number of hydrogen-bond acceptors (Lipinski definition) is 4. The number of nitrogens with one attached hydrogen (secondary N) is 2. The van der Waals surface area contributed by atoms with Crippen LogP contribution in [0.15, 0.2) is 46.8 Å². The molecular weight excluding hydrogens is 459 g/mol. The maximum atomic E-state index is 5.42. The molecule has 3 rings (SSSR count). The van der Waals surface area contributed by atoms with Crippen LogP contribution in [0.3, 0.4) is 0 Å². The van der Waals surface area contributed by atoms with Gasteiger partial charge in [0.15, 0.2) is 5.96 Å². The third-order valence-corrected chi connectivity index (χ3v) is 5.07. The Morgan fingerprint density at radius 3 is 2.62 bits per heavy atom. The van der Waals surface area contributed by atoms with Crippen LogP contribution < -0.4 is 10.6 Å². The van der Waals surface area contributed by atoms with Crippen molar-refractivity contribution in [3.8, 4) is 0 Å². The first-order valence-corrected chi connectivity index (χ1v) is 9.56. The molecule has 1 aliphatic heterocycles. The van der Waals surface area contributed by atoms with E-state index in [1.165, 1.54) is 16.0 Å². The van der Waals surface area contributed by atoms with Crippen molar-refractivity contribution >= 4 is 41.3 Å². The summed E-state index contributed by atoms with van der Waals surface area (Å²) < 4.78 is 5.42. The first kappa shape index (κ1) is 21.1. The lowest BCUT2D eigenvalue weighted by Crippen LogP contribution is -2.36. The average molecular weight is 486 g/mol. The fourth-order valence-electron chi connectivity index (χ4n) is 2.85. The minimum atomic E-state index is 0. The predicted molar refractivity (Wildman–Crippen MR) is 119 cm³/mol. The number of guanidine groups is 1. The SMILES string of the molecule is CN=C(NCc1cccc(CN2CCOCC2)c1)NCc1cccs1.I. The zero-order chi connectivity index (χ0) is 17.3. The first-order valence-electron chi connectivity index (χ1n) is 8.68. The van der Waals surface area contributed by atoms with E-state index in [4.69, 9.17) is 4.74 Å². The Kier molecular flexibility index (Phi) is 9.38. The number of ether oxygens (including phenoxy) is 1. The lowest BCUT2D eigenvalue weighted by molar-refractivity contribution is 0.0342. The molecule has 5 nitrogen and oxygen atoms in total. The highest BCUT2D eigenvalue weighted by atomic mass is 127. The Hall–Kier alpha value is -1.16. The quantitative estimate of drug-likeness (QED) is 0.375. The third-order valence-electron chi connectivity index (χ3n) is 4.20. The van der Waals surface area contributed by atoms with Crippen molar-refractivity contribution in [1.82, 2.24) is 15.5 Å². The molecule has 1 aromatic heterocycles. The molecule has 7 heteroatoms. The fraction of sp³-hybridized carbons (Fsp3) is 0.421. The van der Waals surface area contributed by atoms with Crippen LogP contribution in [0.25, 0.3) is 0 Å². The zero-order valence-corrected chi connectivity index (χ0v) is 18.3. The second-order valence-electron chi connectivity index (χ2n) is 6.07. The van der Waals surface area contributed by atoms with Crippen molar-refractivity contribution in [2.75, 3.05) is 33.4 Å². The molecule has 1 aliphatic rings. The summed E-state index contributed by atoms with van der Waals surface area (Å²) in [6, 6.07) is 13.0. The normalized spacial score (nSPS) is 15.3. The van der Waals surface area contributed by atoms with Crippen LogP contribution in [-0.4, -0.2) is 44.2 Å². The number of rotatable bonds is 6. The largest absolute Gasteiger partial charge is 0.379 e. The van der Waals surface area contributed by atoms with Gasteiger partial charge in [-0.2, -0.15) is 0 Å². The van der Waals surface area contributed by atoms with E-state index in [1.807, 2.05) is 0 Å². The summed E-state index contributed by atoms with van der Waals surface area (Å²) >= 11 is 1.75. The summed E-state index contributed by atoms with van der Waals surface area (Å²) in [4.78, 5) is 8.04. The number of morpholine rings is 1. The molecule has 1 aromatic carbocycles. The van der Waals surface area contributed by atoms with Crippen molar-refractivity contribution in [3.63, 3.8) is 0 Å². The van der Waals surface area contributed by atoms with Gasteiger partial charge in [-0.15, -0.1) is 35.3 Å².